The molecule has 0 spiro atoms. The van der Waals surface area contributed by atoms with Crippen molar-refractivity contribution in [2.75, 3.05) is 40.0 Å². The molecule has 464 valence electrons. The number of nitrogens with zero attached hydrogens (tertiary/aromatic N) is 2. The van der Waals surface area contributed by atoms with Crippen LogP contribution >= 0.6 is 0 Å². The van der Waals surface area contributed by atoms with Gasteiger partial charge in [-0.15, -0.1) is 0 Å². The number of carbonyl (C=O) groups is 7. The van der Waals surface area contributed by atoms with Gasteiger partial charge in [-0.2, -0.15) is 0 Å². The summed E-state index contributed by atoms with van der Waals surface area (Å²) in [5.74, 6) is -1.86. The van der Waals surface area contributed by atoms with Gasteiger partial charge in [-0.05, 0) is 145 Å². The van der Waals surface area contributed by atoms with E-state index in [1.807, 2.05) is 0 Å². The molecule has 0 unspecified atom stereocenters. The topological polar surface area (TPSA) is 300 Å². The Hall–Kier alpha value is -9.75. The third-order valence-electron chi connectivity index (χ3n) is 15.0. The number of benzene rings is 4. The van der Waals surface area contributed by atoms with E-state index in [0.717, 1.165) is 56.9 Å². The summed E-state index contributed by atoms with van der Waals surface area (Å²) < 4.78 is 21.4. The van der Waals surface area contributed by atoms with E-state index in [1.165, 1.54) is 19.2 Å². The Balaban J connectivity index is 0.000000259. The maximum absolute atomic E-state index is 13.9. The van der Waals surface area contributed by atoms with Crippen LogP contribution in [0.5, 0.6) is 5.75 Å². The Labute approximate surface area is 518 Å². The number of amidine groups is 1. The number of nitrogens with two attached hydrogens (primary N) is 1. The number of aliphatic hydroxyl groups is 1. The van der Waals surface area contributed by atoms with Gasteiger partial charge in [0.25, 0.3) is 11.8 Å². The lowest BCUT2D eigenvalue weighted by Crippen LogP contribution is -2.27. The molecule has 2 aliphatic rings. The number of methoxy groups -OCH3 is 1. The smallest absolute Gasteiger partial charge is 0.357 e. The lowest BCUT2D eigenvalue weighted by Gasteiger charge is -2.17. The predicted molar refractivity (Wildman–Crippen MR) is 341 cm³/mol. The molecule has 2 saturated carbocycles. The molecule has 2 aromatic heterocycles. The summed E-state index contributed by atoms with van der Waals surface area (Å²) in [6.45, 7) is 14.4. The Morgan fingerprint density at radius 1 is 0.618 bits per heavy atom. The number of pyridine rings is 2. The van der Waals surface area contributed by atoms with Crippen LogP contribution in [0.2, 0.25) is 0 Å². The summed E-state index contributed by atoms with van der Waals surface area (Å²) >= 11 is 0. The predicted octanol–water partition coefficient (Wildman–Crippen LogP) is 10.9. The van der Waals surface area contributed by atoms with E-state index in [9.17, 15) is 38.7 Å². The number of ether oxygens (including phenoxy) is 4. The number of nitrogens with one attached hydrogen (secondary N) is 4. The average molecular weight is 1210 g/mol. The van der Waals surface area contributed by atoms with Crippen molar-refractivity contribution in [2.45, 2.75) is 98.0 Å². The van der Waals surface area contributed by atoms with E-state index in [1.54, 1.807) is 111 Å². The van der Waals surface area contributed by atoms with Crippen molar-refractivity contribution >= 4 is 65.0 Å². The van der Waals surface area contributed by atoms with Crippen molar-refractivity contribution in [2.24, 2.45) is 17.6 Å². The van der Waals surface area contributed by atoms with E-state index in [2.05, 4.69) is 40.7 Å². The Morgan fingerprint density at radius 3 is 1.54 bits per heavy atom. The molecular formula is C70H77N7O12. The molecule has 7 N–H and O–H groups in total. The second kappa shape index (κ2) is 32.3. The zero-order chi connectivity index (χ0) is 64.1. The fraction of sp³-hybridized carbons (Fsp3) is 0.329. The van der Waals surface area contributed by atoms with Gasteiger partial charge < -0.3 is 45.8 Å². The number of unbranched alkanes of at least 4 members (excludes halogenated alkanes) is 3. The molecule has 2 fully saturated rings. The van der Waals surface area contributed by atoms with Crippen molar-refractivity contribution < 1.29 is 57.6 Å². The van der Waals surface area contributed by atoms with Crippen LogP contribution in [0.4, 0.5) is 0 Å². The molecule has 0 atom stereocenters. The first-order valence-electron chi connectivity index (χ1n) is 29.9. The van der Waals surface area contributed by atoms with Crippen molar-refractivity contribution in [3.05, 3.63) is 183 Å². The summed E-state index contributed by atoms with van der Waals surface area (Å²) in [5.41, 5.74) is 11.7. The minimum Gasteiger partial charge on any atom is -0.496 e. The summed E-state index contributed by atoms with van der Waals surface area (Å²) in [7, 11) is 1.50. The Kier molecular flexibility index (Phi) is 24.2. The van der Waals surface area contributed by atoms with Gasteiger partial charge >= 0.3 is 17.9 Å². The highest BCUT2D eigenvalue weighted by Gasteiger charge is 2.29. The molecule has 0 radical (unpaired) electrons. The van der Waals surface area contributed by atoms with Gasteiger partial charge in [0.05, 0.1) is 40.0 Å². The standard InChI is InChI=1S/C39H45N3O7.C31H32N4O5/c1-4-7-8-9-18-49-36(45)22-33(40)28-14-12-25(13-15-28)19-35(44)32-20-27(5-2)29(24-43)21-31(32)30-16-17-34(38(46)41-23-26-10-11-26)42-37(30)39(47)48-6-3;1-4-20-15-24(26(36)14-18-8-10-21(11-9-18)29(32)33)23(16-27(20)39-3)22-12-13-25(30(37)34-17-19-6-7-19)35-28(22)31(38)40-5-2/h5,12-17,20-21,26,40,43H,2,4,6-11,18-19,22-24H2,1,3H3,(H,41,46);4,8-13,15-16,19H,1,5-7,14,17H2,2-3H3,(H3,32,33)(H,34,37). The minimum absolute atomic E-state index is 0.0146. The number of aromatic nitrogens is 2. The molecule has 19 heteroatoms. The van der Waals surface area contributed by atoms with E-state index < -0.39 is 23.8 Å². The SMILES string of the molecule is C=Cc1cc(C(=O)Cc2ccc(C(=N)CC(=O)OCCCCCC)cc2)c(-c2ccc(C(=O)NCC3CC3)nc2C(=O)OCC)cc1CO.C=Cc1cc(C(=O)Cc2ccc(C(=N)N)cc2)c(-c2ccc(C(=O)NCC3CC3)nc2C(=O)OCC)cc1OC. The van der Waals surface area contributed by atoms with E-state index in [-0.39, 0.29) is 102 Å². The lowest BCUT2D eigenvalue weighted by molar-refractivity contribution is -0.142. The lowest BCUT2D eigenvalue weighted by atomic mass is 9.89. The van der Waals surface area contributed by atoms with Crippen LogP contribution in [0.25, 0.3) is 34.4 Å². The molecule has 6 aromatic rings. The van der Waals surface area contributed by atoms with Crippen molar-refractivity contribution in [3.8, 4) is 28.0 Å². The zero-order valence-corrected chi connectivity index (χ0v) is 50.9. The van der Waals surface area contributed by atoms with Crippen LogP contribution in [0.15, 0.2) is 110 Å². The summed E-state index contributed by atoms with van der Waals surface area (Å²) in [6.07, 6.45) is 11.3. The summed E-state index contributed by atoms with van der Waals surface area (Å²) in [6, 6.07) is 26.5. The van der Waals surface area contributed by atoms with E-state index >= 15 is 0 Å². The number of carbonyl (C=O) groups excluding carboxylic acids is 7. The first kappa shape index (κ1) is 66.8. The molecule has 0 saturated heterocycles. The number of hydrogen-bond acceptors (Lipinski definition) is 16. The van der Waals surface area contributed by atoms with Gasteiger partial charge in [0.1, 0.15) is 23.0 Å². The Morgan fingerprint density at radius 2 is 1.10 bits per heavy atom. The van der Waals surface area contributed by atoms with Crippen LogP contribution in [0.1, 0.15) is 180 Å². The molecule has 0 bridgehead atoms. The van der Waals surface area contributed by atoms with Crippen LogP contribution in [-0.4, -0.2) is 108 Å². The van der Waals surface area contributed by atoms with Gasteiger partial charge in [0.2, 0.25) is 0 Å². The van der Waals surface area contributed by atoms with Crippen molar-refractivity contribution in [3.63, 3.8) is 0 Å². The van der Waals surface area contributed by atoms with Crippen molar-refractivity contribution in [1.82, 2.24) is 20.6 Å². The van der Waals surface area contributed by atoms with Gasteiger partial charge in [0, 0.05) is 65.0 Å². The first-order chi connectivity index (χ1) is 42.9. The number of Topliss-reactive ketones (excluding diaryl/α,β-unsaturated/α-hetero) is 2. The molecule has 89 heavy (non-hydrogen) atoms. The fourth-order valence-electron chi connectivity index (χ4n) is 9.64. The number of rotatable bonds is 31. The molecule has 19 nitrogen and oxygen atoms in total. The normalized spacial score (nSPS) is 12.3. The number of amides is 2. The highest BCUT2D eigenvalue weighted by Crippen LogP contribution is 2.36. The molecule has 2 heterocycles. The Bertz CT molecular complexity index is 3640. The number of aliphatic hydroxyl groups excluding tert-OH is 1. The van der Waals surface area contributed by atoms with Crippen molar-refractivity contribution in [1.29, 1.82) is 10.8 Å². The minimum atomic E-state index is -0.746. The average Bonchev–Trinajstić information content (AvgIpc) is 2.35. The van der Waals surface area contributed by atoms with Gasteiger partial charge in [0.15, 0.2) is 23.0 Å². The molecule has 8 rings (SSSR count). The summed E-state index contributed by atoms with van der Waals surface area (Å²) in [4.78, 5) is 100. The number of ketones is 2. The van der Waals surface area contributed by atoms with Crippen LogP contribution < -0.4 is 21.1 Å². The third kappa shape index (κ3) is 18.4. The molecule has 0 aliphatic heterocycles. The highest BCUT2D eigenvalue weighted by molar-refractivity contribution is 6.10. The number of esters is 3. The second-order valence-corrected chi connectivity index (χ2v) is 21.7. The van der Waals surface area contributed by atoms with E-state index in [0.29, 0.717) is 92.9 Å². The maximum atomic E-state index is 13.9. The highest BCUT2D eigenvalue weighted by atomic mass is 16.5. The molecule has 4 aromatic carbocycles. The third-order valence-corrected chi connectivity index (χ3v) is 15.0. The van der Waals surface area contributed by atoms with Crippen LogP contribution in [-0.2, 0) is 38.5 Å². The molecule has 2 amide bonds. The largest absolute Gasteiger partial charge is 0.496 e. The first-order valence-corrected chi connectivity index (χ1v) is 29.9. The molecule has 2 aliphatic carbocycles. The van der Waals surface area contributed by atoms with Gasteiger partial charge in [-0.3, -0.25) is 29.4 Å². The number of nitrogen functional groups attached to an aromatic ring is 1. The van der Waals surface area contributed by atoms with Gasteiger partial charge in [-0.1, -0.05) is 100 Å². The second-order valence-electron chi connectivity index (χ2n) is 21.7. The zero-order valence-electron chi connectivity index (χ0n) is 50.9. The summed E-state index contributed by atoms with van der Waals surface area (Å²) in [5, 5.41) is 31.8. The fourth-order valence-corrected chi connectivity index (χ4v) is 9.64. The van der Waals surface area contributed by atoms with Gasteiger partial charge in [-0.25, -0.2) is 19.6 Å². The van der Waals surface area contributed by atoms with Crippen LogP contribution in [0, 0.1) is 22.7 Å². The monoisotopic (exact) mass is 1210 g/mol. The van der Waals surface area contributed by atoms with E-state index in [4.69, 9.17) is 35.5 Å². The number of hydrogen-bond donors (Lipinski definition) is 6. The van der Waals surface area contributed by atoms with Crippen LogP contribution in [0.3, 0.4) is 0 Å². The maximum Gasteiger partial charge on any atom is 0.357 e. The molecular weight excluding hydrogens is 1130 g/mol. The quantitative estimate of drug-likeness (QED) is 0.00589.